The predicted octanol–water partition coefficient (Wildman–Crippen LogP) is 1.18. The largest absolute Gasteiger partial charge is 0.497 e. The second-order valence-electron chi connectivity index (χ2n) is 3.93. The quantitative estimate of drug-likeness (QED) is 0.763. The van der Waals surface area contributed by atoms with Crippen LogP contribution >= 0.6 is 11.8 Å². The van der Waals surface area contributed by atoms with E-state index < -0.39 is 12.2 Å². The van der Waals surface area contributed by atoms with Gasteiger partial charge in [-0.2, -0.15) is 0 Å². The molecule has 6 heteroatoms. The first-order valence-corrected chi connectivity index (χ1v) is 6.60. The van der Waals surface area contributed by atoms with Gasteiger partial charge in [0.1, 0.15) is 11.9 Å². The van der Waals surface area contributed by atoms with Crippen molar-refractivity contribution in [2.75, 3.05) is 12.9 Å². The molecule has 0 aliphatic carbocycles. The van der Waals surface area contributed by atoms with Crippen LogP contribution in [0.1, 0.15) is 28.9 Å². The Kier molecular flexibility index (Phi) is 6.01. The van der Waals surface area contributed by atoms with E-state index in [0.29, 0.717) is 17.6 Å². The number of carbonyl (C=O) groups is 2. The molecule has 1 rings (SSSR count). The van der Waals surface area contributed by atoms with Crippen molar-refractivity contribution >= 4 is 23.2 Å². The van der Waals surface area contributed by atoms with Crippen LogP contribution in [-0.4, -0.2) is 40.6 Å². The zero-order chi connectivity index (χ0) is 14.4. The van der Waals surface area contributed by atoms with E-state index in [-0.39, 0.29) is 16.4 Å². The van der Waals surface area contributed by atoms with Crippen LogP contribution in [0.25, 0.3) is 0 Å². The Balaban J connectivity index is 2.88. The molecule has 2 unspecified atom stereocenters. The summed E-state index contributed by atoms with van der Waals surface area (Å²) in [5.74, 6) is 0.562. The highest BCUT2D eigenvalue weighted by Gasteiger charge is 2.22. The summed E-state index contributed by atoms with van der Waals surface area (Å²) >= 11 is 0.922. The molecule has 0 fully saturated rings. The van der Waals surface area contributed by atoms with Gasteiger partial charge in [-0.1, -0.05) is 17.8 Å². The van der Waals surface area contributed by atoms with Crippen LogP contribution in [0, 0.1) is 0 Å². The van der Waals surface area contributed by atoms with E-state index in [1.54, 1.807) is 6.07 Å². The normalized spacial score (nSPS) is 13.7. The first-order valence-electron chi connectivity index (χ1n) is 5.62. The molecule has 0 spiro atoms. The number of hydrogen-bond donors (Lipinski definition) is 2. The lowest BCUT2D eigenvalue weighted by molar-refractivity contribution is -0.109. The van der Waals surface area contributed by atoms with Crippen LogP contribution in [0.2, 0.25) is 0 Å². The van der Waals surface area contributed by atoms with Crippen molar-refractivity contribution in [3.05, 3.63) is 29.3 Å². The standard InChI is InChI=1S/C13H16O5S/c1-8(15)19-7-12(16)13(17)11-4-3-10(18-2)5-9(11)6-14/h3-6,12-13,16-17H,7H2,1-2H3. The molecule has 0 aliphatic rings. The highest BCUT2D eigenvalue weighted by Crippen LogP contribution is 2.25. The highest BCUT2D eigenvalue weighted by atomic mass is 32.2. The van der Waals surface area contributed by atoms with Gasteiger partial charge in [-0.3, -0.25) is 9.59 Å². The number of aliphatic hydroxyl groups is 2. The first-order chi connectivity index (χ1) is 8.99. The maximum atomic E-state index is 11.0. The third-order valence-corrected chi connectivity index (χ3v) is 3.48. The van der Waals surface area contributed by atoms with Gasteiger partial charge in [-0.25, -0.2) is 0 Å². The van der Waals surface area contributed by atoms with Crippen LogP contribution in [0.5, 0.6) is 5.75 Å². The third-order valence-electron chi connectivity index (χ3n) is 2.56. The van der Waals surface area contributed by atoms with E-state index in [4.69, 9.17) is 4.74 Å². The first kappa shape index (κ1) is 15.7. The minimum atomic E-state index is -1.22. The summed E-state index contributed by atoms with van der Waals surface area (Å²) in [6.07, 6.45) is -1.76. The molecule has 0 aromatic heterocycles. The zero-order valence-corrected chi connectivity index (χ0v) is 11.5. The molecule has 0 saturated carbocycles. The second kappa shape index (κ2) is 7.28. The van der Waals surface area contributed by atoms with Gasteiger partial charge in [-0.15, -0.1) is 0 Å². The second-order valence-corrected chi connectivity index (χ2v) is 5.12. The molecular formula is C13H16O5S. The van der Waals surface area contributed by atoms with Gasteiger partial charge >= 0.3 is 0 Å². The topological polar surface area (TPSA) is 83.8 Å². The van der Waals surface area contributed by atoms with Crippen molar-refractivity contribution in [3.8, 4) is 5.75 Å². The lowest BCUT2D eigenvalue weighted by Gasteiger charge is -2.19. The number of aldehydes is 1. The van der Waals surface area contributed by atoms with E-state index in [1.165, 1.54) is 26.2 Å². The fourth-order valence-electron chi connectivity index (χ4n) is 1.55. The van der Waals surface area contributed by atoms with Crippen molar-refractivity contribution in [1.82, 2.24) is 0 Å². The van der Waals surface area contributed by atoms with E-state index in [2.05, 4.69) is 0 Å². The Bertz CT molecular complexity index is 460. The maximum absolute atomic E-state index is 11.0. The summed E-state index contributed by atoms with van der Waals surface area (Å²) in [5, 5.41) is 19.7. The molecule has 0 amide bonds. The van der Waals surface area contributed by atoms with Crippen molar-refractivity contribution in [3.63, 3.8) is 0 Å². The summed E-state index contributed by atoms with van der Waals surface area (Å²) in [5.41, 5.74) is 0.561. The number of benzene rings is 1. The molecule has 1 aromatic carbocycles. The summed E-state index contributed by atoms with van der Waals surface area (Å²) in [7, 11) is 1.47. The SMILES string of the molecule is COc1ccc(C(O)C(O)CSC(C)=O)c(C=O)c1. The Morgan fingerprint density at radius 2 is 2.16 bits per heavy atom. The van der Waals surface area contributed by atoms with Crippen molar-refractivity contribution in [2.45, 2.75) is 19.1 Å². The predicted molar refractivity (Wildman–Crippen MR) is 72.5 cm³/mol. The Morgan fingerprint density at radius 1 is 1.47 bits per heavy atom. The van der Waals surface area contributed by atoms with Crippen LogP contribution in [0.4, 0.5) is 0 Å². The Hall–Kier alpha value is -1.37. The summed E-state index contributed by atoms with van der Waals surface area (Å²) in [6.45, 7) is 1.38. The number of carbonyl (C=O) groups excluding carboxylic acids is 2. The van der Waals surface area contributed by atoms with E-state index in [9.17, 15) is 19.8 Å². The average molecular weight is 284 g/mol. The van der Waals surface area contributed by atoms with Gasteiger partial charge in [0.2, 0.25) is 0 Å². The Labute approximate surface area is 115 Å². The molecule has 1 aromatic rings. The number of rotatable bonds is 6. The van der Waals surface area contributed by atoms with Crippen LogP contribution in [0.3, 0.4) is 0 Å². The van der Waals surface area contributed by atoms with Crippen molar-refractivity contribution in [2.24, 2.45) is 0 Å². The van der Waals surface area contributed by atoms with Gasteiger partial charge in [0.15, 0.2) is 11.4 Å². The highest BCUT2D eigenvalue weighted by molar-refractivity contribution is 8.13. The van der Waals surface area contributed by atoms with E-state index in [0.717, 1.165) is 11.8 Å². The fraction of sp³-hybridized carbons (Fsp3) is 0.385. The molecular weight excluding hydrogens is 268 g/mol. The minimum Gasteiger partial charge on any atom is -0.497 e. The van der Waals surface area contributed by atoms with E-state index >= 15 is 0 Å². The number of ether oxygens (including phenoxy) is 1. The van der Waals surface area contributed by atoms with E-state index in [1.807, 2.05) is 0 Å². The molecule has 0 radical (unpaired) electrons. The average Bonchev–Trinajstić information content (AvgIpc) is 2.42. The van der Waals surface area contributed by atoms with Gasteiger partial charge in [-0.05, 0) is 17.7 Å². The number of aliphatic hydroxyl groups excluding tert-OH is 2. The van der Waals surface area contributed by atoms with Crippen LogP contribution in [-0.2, 0) is 4.79 Å². The van der Waals surface area contributed by atoms with Crippen LogP contribution in [0.15, 0.2) is 18.2 Å². The molecule has 104 valence electrons. The third kappa shape index (κ3) is 4.34. The van der Waals surface area contributed by atoms with Gasteiger partial charge in [0, 0.05) is 18.2 Å². The molecule has 2 N–H and O–H groups in total. The number of thioether (sulfide) groups is 1. The van der Waals surface area contributed by atoms with Gasteiger partial charge < -0.3 is 14.9 Å². The number of methoxy groups -OCH3 is 1. The molecule has 5 nitrogen and oxygen atoms in total. The van der Waals surface area contributed by atoms with Gasteiger partial charge in [0.05, 0.1) is 13.2 Å². The monoisotopic (exact) mass is 284 g/mol. The summed E-state index contributed by atoms with van der Waals surface area (Å²) in [4.78, 5) is 21.8. The molecule has 0 heterocycles. The maximum Gasteiger partial charge on any atom is 0.185 e. The molecule has 2 atom stereocenters. The van der Waals surface area contributed by atoms with Crippen LogP contribution < -0.4 is 4.74 Å². The number of hydrogen-bond acceptors (Lipinski definition) is 6. The minimum absolute atomic E-state index is 0.0703. The fourth-order valence-corrected chi connectivity index (χ4v) is 2.14. The van der Waals surface area contributed by atoms with Crippen molar-refractivity contribution < 1.29 is 24.5 Å². The van der Waals surface area contributed by atoms with Gasteiger partial charge in [0.25, 0.3) is 0 Å². The van der Waals surface area contributed by atoms with Crippen molar-refractivity contribution in [1.29, 1.82) is 0 Å². The summed E-state index contributed by atoms with van der Waals surface area (Å²) < 4.78 is 4.98. The molecule has 19 heavy (non-hydrogen) atoms. The molecule has 0 aliphatic heterocycles. The smallest absolute Gasteiger partial charge is 0.185 e. The molecule has 0 saturated heterocycles. The Morgan fingerprint density at radius 3 is 2.68 bits per heavy atom. The molecule has 0 bridgehead atoms. The lowest BCUT2D eigenvalue weighted by atomic mass is 9.99. The summed E-state index contributed by atoms with van der Waals surface area (Å²) in [6, 6.07) is 4.60. The zero-order valence-electron chi connectivity index (χ0n) is 10.7. The lowest BCUT2D eigenvalue weighted by Crippen LogP contribution is -2.22.